The summed E-state index contributed by atoms with van der Waals surface area (Å²) in [7, 11) is 0. The molecular weight excluding hydrogens is 534 g/mol. The van der Waals surface area contributed by atoms with Gasteiger partial charge < -0.3 is 0 Å². The Balaban J connectivity index is 1.31. The van der Waals surface area contributed by atoms with Crippen molar-refractivity contribution in [1.82, 2.24) is 9.97 Å². The zero-order valence-electron chi connectivity index (χ0n) is 23.8. The number of para-hydroxylation sites is 2. The Kier molecular flexibility index (Phi) is 6.18. The molecule has 0 bridgehead atoms. The van der Waals surface area contributed by atoms with Gasteiger partial charge >= 0.3 is 0 Å². The summed E-state index contributed by atoms with van der Waals surface area (Å²) in [6, 6.07) is 54.4. The average Bonchev–Trinajstić information content (AvgIpc) is 3.10. The Bertz CT molecular complexity index is 2380. The molecule has 0 saturated carbocycles. The third-order valence-corrected chi connectivity index (χ3v) is 8.34. The second-order valence-corrected chi connectivity index (χ2v) is 10.9. The van der Waals surface area contributed by atoms with Crippen molar-refractivity contribution < 1.29 is 0 Å². The van der Waals surface area contributed by atoms with Crippen LogP contribution in [0.3, 0.4) is 0 Å². The predicted molar refractivity (Wildman–Crippen MR) is 181 cm³/mol. The van der Waals surface area contributed by atoms with Gasteiger partial charge in [0.25, 0.3) is 0 Å². The number of rotatable bonds is 4. The van der Waals surface area contributed by atoms with E-state index in [1.165, 1.54) is 5.39 Å². The van der Waals surface area contributed by atoms with E-state index in [9.17, 15) is 0 Å². The van der Waals surface area contributed by atoms with Crippen molar-refractivity contribution in [2.75, 3.05) is 0 Å². The van der Waals surface area contributed by atoms with Crippen LogP contribution in [0.1, 0.15) is 5.56 Å². The lowest BCUT2D eigenvalue weighted by atomic mass is 9.91. The van der Waals surface area contributed by atoms with Gasteiger partial charge in [-0.25, -0.2) is 9.97 Å². The minimum atomic E-state index is 0.664. The van der Waals surface area contributed by atoms with Crippen LogP contribution in [0.5, 0.6) is 0 Å². The van der Waals surface area contributed by atoms with Crippen molar-refractivity contribution >= 4 is 32.6 Å². The van der Waals surface area contributed by atoms with E-state index in [0.717, 1.165) is 72.0 Å². The third kappa shape index (κ3) is 4.38. The Morgan fingerprint density at radius 2 is 0.864 bits per heavy atom. The standard InChI is InChI=1S/C41H25N3/c42-26-27-16-18-28(19-17-27)29-20-22-31(23-21-29)33-24-25-37(35-12-4-3-11-34(33)35)41-40(43-38-14-5-6-15-39(38)44-41)36-13-7-9-30-8-1-2-10-32(30)36/h1-25H. The molecule has 0 amide bonds. The molecule has 1 aromatic heterocycles. The monoisotopic (exact) mass is 559 g/mol. The molecule has 0 unspecified atom stereocenters. The SMILES string of the molecule is N#Cc1ccc(-c2ccc(-c3ccc(-c4nc5ccccc5nc4-c4cccc5ccccc45)c4ccccc34)cc2)cc1. The molecule has 0 fully saturated rings. The van der Waals surface area contributed by atoms with Gasteiger partial charge in [-0.05, 0) is 68.1 Å². The number of hydrogen-bond donors (Lipinski definition) is 0. The van der Waals surface area contributed by atoms with Gasteiger partial charge in [0.05, 0.1) is 34.1 Å². The van der Waals surface area contributed by atoms with E-state index in [1.54, 1.807) is 0 Å². The minimum absolute atomic E-state index is 0.664. The fourth-order valence-electron chi connectivity index (χ4n) is 6.14. The van der Waals surface area contributed by atoms with Crippen molar-refractivity contribution in [3.05, 3.63) is 157 Å². The molecule has 44 heavy (non-hydrogen) atoms. The molecule has 0 atom stereocenters. The maximum atomic E-state index is 9.14. The normalized spacial score (nSPS) is 11.2. The molecule has 0 aliphatic rings. The molecule has 0 N–H and O–H groups in total. The Hall–Kier alpha value is -6.11. The smallest absolute Gasteiger partial charge is 0.0991 e. The van der Waals surface area contributed by atoms with Gasteiger partial charge in [0.2, 0.25) is 0 Å². The maximum Gasteiger partial charge on any atom is 0.0991 e. The van der Waals surface area contributed by atoms with Crippen molar-refractivity contribution in [2.45, 2.75) is 0 Å². The summed E-state index contributed by atoms with van der Waals surface area (Å²) in [5.74, 6) is 0. The summed E-state index contributed by atoms with van der Waals surface area (Å²) < 4.78 is 0. The number of benzene rings is 7. The van der Waals surface area contributed by atoms with E-state index in [1.807, 2.05) is 48.5 Å². The van der Waals surface area contributed by atoms with Gasteiger partial charge in [0.15, 0.2) is 0 Å². The van der Waals surface area contributed by atoms with Crippen LogP contribution in [0.4, 0.5) is 0 Å². The molecule has 8 aromatic rings. The van der Waals surface area contributed by atoms with E-state index in [4.69, 9.17) is 15.2 Å². The number of hydrogen-bond acceptors (Lipinski definition) is 3. The van der Waals surface area contributed by atoms with Crippen LogP contribution in [0.25, 0.3) is 77.3 Å². The van der Waals surface area contributed by atoms with Crippen LogP contribution in [-0.4, -0.2) is 9.97 Å². The second-order valence-electron chi connectivity index (χ2n) is 10.9. The molecule has 3 nitrogen and oxygen atoms in total. The number of nitrogens with zero attached hydrogens (tertiary/aromatic N) is 3. The maximum absolute atomic E-state index is 9.14. The number of nitriles is 1. The highest BCUT2D eigenvalue weighted by Crippen LogP contribution is 2.40. The van der Waals surface area contributed by atoms with E-state index >= 15 is 0 Å². The summed E-state index contributed by atoms with van der Waals surface area (Å²) in [5, 5.41) is 13.8. The van der Waals surface area contributed by atoms with Crippen molar-refractivity contribution in [3.8, 4) is 50.8 Å². The van der Waals surface area contributed by atoms with E-state index in [-0.39, 0.29) is 0 Å². The number of fused-ring (bicyclic) bond motifs is 3. The fourth-order valence-corrected chi connectivity index (χ4v) is 6.14. The van der Waals surface area contributed by atoms with Crippen molar-refractivity contribution in [3.63, 3.8) is 0 Å². The van der Waals surface area contributed by atoms with E-state index in [0.29, 0.717) is 5.56 Å². The van der Waals surface area contributed by atoms with Gasteiger partial charge in [-0.3, -0.25) is 0 Å². The van der Waals surface area contributed by atoms with E-state index in [2.05, 4.69) is 109 Å². The van der Waals surface area contributed by atoms with Crippen LogP contribution in [0.15, 0.2) is 152 Å². The predicted octanol–water partition coefficient (Wildman–Crippen LogP) is 10.5. The summed E-state index contributed by atoms with van der Waals surface area (Å²) >= 11 is 0. The van der Waals surface area contributed by atoms with Gasteiger partial charge in [-0.1, -0.05) is 127 Å². The largest absolute Gasteiger partial charge is 0.244 e. The molecular formula is C41H25N3. The molecule has 204 valence electrons. The lowest BCUT2D eigenvalue weighted by Gasteiger charge is -2.16. The van der Waals surface area contributed by atoms with Crippen LogP contribution in [0.2, 0.25) is 0 Å². The first-order valence-electron chi connectivity index (χ1n) is 14.6. The Morgan fingerprint density at radius 3 is 1.52 bits per heavy atom. The lowest BCUT2D eigenvalue weighted by molar-refractivity contribution is 1.30. The zero-order valence-corrected chi connectivity index (χ0v) is 23.8. The highest BCUT2D eigenvalue weighted by Gasteiger charge is 2.18. The van der Waals surface area contributed by atoms with Gasteiger partial charge in [-0.15, -0.1) is 0 Å². The molecule has 1 heterocycles. The van der Waals surface area contributed by atoms with Gasteiger partial charge in [0.1, 0.15) is 0 Å². The molecule has 0 aliphatic heterocycles. The van der Waals surface area contributed by atoms with Gasteiger partial charge in [-0.2, -0.15) is 5.26 Å². The highest BCUT2D eigenvalue weighted by molar-refractivity contribution is 6.08. The van der Waals surface area contributed by atoms with Crippen molar-refractivity contribution in [1.29, 1.82) is 5.26 Å². The molecule has 0 radical (unpaired) electrons. The topological polar surface area (TPSA) is 49.6 Å². The summed E-state index contributed by atoms with van der Waals surface area (Å²) in [6.45, 7) is 0. The molecule has 8 rings (SSSR count). The summed E-state index contributed by atoms with van der Waals surface area (Å²) in [4.78, 5) is 10.5. The second kappa shape index (κ2) is 10.6. The van der Waals surface area contributed by atoms with Crippen LogP contribution in [0, 0.1) is 11.3 Å². The fraction of sp³-hybridized carbons (Fsp3) is 0. The zero-order chi connectivity index (χ0) is 29.5. The van der Waals surface area contributed by atoms with Crippen LogP contribution < -0.4 is 0 Å². The number of aromatic nitrogens is 2. The summed E-state index contributed by atoms with van der Waals surface area (Å²) in [5.41, 5.74) is 10.8. The first-order chi connectivity index (χ1) is 21.8. The van der Waals surface area contributed by atoms with E-state index < -0.39 is 0 Å². The molecule has 0 saturated heterocycles. The molecule has 7 aromatic carbocycles. The first-order valence-corrected chi connectivity index (χ1v) is 14.6. The van der Waals surface area contributed by atoms with Crippen LogP contribution in [-0.2, 0) is 0 Å². The highest BCUT2D eigenvalue weighted by atomic mass is 14.8. The summed E-state index contributed by atoms with van der Waals surface area (Å²) in [6.07, 6.45) is 0. The molecule has 3 heteroatoms. The average molecular weight is 560 g/mol. The Labute approximate surface area is 255 Å². The first kappa shape index (κ1) is 25.6. The Morgan fingerprint density at radius 1 is 0.386 bits per heavy atom. The van der Waals surface area contributed by atoms with Crippen molar-refractivity contribution in [2.24, 2.45) is 0 Å². The lowest BCUT2D eigenvalue weighted by Crippen LogP contribution is -1.97. The van der Waals surface area contributed by atoms with Gasteiger partial charge in [0, 0.05) is 11.1 Å². The van der Waals surface area contributed by atoms with Crippen LogP contribution >= 0.6 is 0 Å². The minimum Gasteiger partial charge on any atom is -0.244 e. The molecule has 0 aliphatic carbocycles. The molecule has 0 spiro atoms. The third-order valence-electron chi connectivity index (χ3n) is 8.34. The quantitative estimate of drug-likeness (QED) is 0.215.